The molecule has 0 aliphatic carbocycles. The van der Waals surface area contributed by atoms with Crippen LogP contribution in [0, 0.1) is 5.41 Å². The highest BCUT2D eigenvalue weighted by Crippen LogP contribution is 2.34. The molecule has 0 fully saturated rings. The predicted octanol–water partition coefficient (Wildman–Crippen LogP) is 5.95. The summed E-state index contributed by atoms with van der Waals surface area (Å²) in [5.74, 6) is -1.33. The van der Waals surface area contributed by atoms with E-state index in [1.807, 2.05) is 0 Å². The molecule has 5 nitrogen and oxygen atoms in total. The molecule has 0 aromatic heterocycles. The van der Waals surface area contributed by atoms with E-state index in [-0.39, 0.29) is 37.4 Å². The number of aliphatic hydroxyl groups excluding tert-OH is 1. The van der Waals surface area contributed by atoms with Crippen molar-refractivity contribution in [3.8, 4) is 0 Å². The summed E-state index contributed by atoms with van der Waals surface area (Å²) >= 11 is 0. The molecule has 0 spiro atoms. The number of ether oxygens (including phenoxy) is 1. The van der Waals surface area contributed by atoms with Crippen LogP contribution in [-0.4, -0.2) is 35.4 Å². The first-order valence-corrected chi connectivity index (χ1v) is 12.3. The van der Waals surface area contributed by atoms with Crippen molar-refractivity contribution in [2.75, 3.05) is 6.61 Å². The number of hydrogen-bond acceptors (Lipinski definition) is 5. The number of aliphatic hydroxyl groups is 1. The highest BCUT2D eigenvalue weighted by Gasteiger charge is 2.52. The van der Waals surface area contributed by atoms with Gasteiger partial charge in [-0.1, -0.05) is 85.0 Å². The molecule has 1 N–H and O–H groups in total. The second kappa shape index (κ2) is 17.5. The number of rotatable bonds is 20. The Hall–Kier alpha value is -1.23. The average molecular weight is 427 g/mol. The third kappa shape index (κ3) is 10.2. The van der Waals surface area contributed by atoms with E-state index in [1.165, 1.54) is 6.42 Å². The molecule has 0 aromatic carbocycles. The molecule has 0 bridgehead atoms. The summed E-state index contributed by atoms with van der Waals surface area (Å²) < 4.78 is 5.38. The number of ketones is 2. The van der Waals surface area contributed by atoms with Gasteiger partial charge in [-0.3, -0.25) is 14.4 Å². The van der Waals surface area contributed by atoms with Crippen LogP contribution in [0.5, 0.6) is 0 Å². The van der Waals surface area contributed by atoms with Crippen LogP contribution in [0.1, 0.15) is 124 Å². The molecule has 176 valence electrons. The average Bonchev–Trinajstić information content (AvgIpc) is 2.73. The van der Waals surface area contributed by atoms with Gasteiger partial charge < -0.3 is 9.84 Å². The maximum atomic E-state index is 13.3. The van der Waals surface area contributed by atoms with Gasteiger partial charge in [-0.05, 0) is 26.2 Å². The van der Waals surface area contributed by atoms with Crippen LogP contribution in [0.4, 0.5) is 0 Å². The number of hydrogen-bond donors (Lipinski definition) is 1. The monoisotopic (exact) mass is 426 g/mol. The summed E-state index contributed by atoms with van der Waals surface area (Å²) in [7, 11) is 0. The largest absolute Gasteiger partial charge is 0.459 e. The van der Waals surface area contributed by atoms with Crippen LogP contribution in [-0.2, 0) is 19.1 Å². The fourth-order valence-electron chi connectivity index (χ4n) is 3.75. The van der Waals surface area contributed by atoms with Gasteiger partial charge in [0.2, 0.25) is 0 Å². The molecule has 0 saturated heterocycles. The predicted molar refractivity (Wildman–Crippen MR) is 121 cm³/mol. The Labute approximate surface area is 184 Å². The molecular formula is C25H46O5. The van der Waals surface area contributed by atoms with Crippen molar-refractivity contribution in [1.82, 2.24) is 0 Å². The van der Waals surface area contributed by atoms with E-state index >= 15 is 0 Å². The van der Waals surface area contributed by atoms with E-state index in [2.05, 4.69) is 20.8 Å². The molecular weight excluding hydrogens is 380 g/mol. The molecule has 0 radical (unpaired) electrons. The molecule has 0 heterocycles. The van der Waals surface area contributed by atoms with Crippen molar-refractivity contribution in [3.05, 3.63) is 0 Å². The SMILES string of the molecule is CCCCCCCCC(C(=O)CCCCC)(C(=O)CCCCC)C(=O)OC(C)CO. The highest BCUT2D eigenvalue weighted by molar-refractivity contribution is 6.22. The second-order valence-corrected chi connectivity index (χ2v) is 8.58. The Morgan fingerprint density at radius 3 is 1.63 bits per heavy atom. The topological polar surface area (TPSA) is 80.7 Å². The summed E-state index contributed by atoms with van der Waals surface area (Å²) in [5, 5.41) is 9.32. The molecule has 0 aliphatic heterocycles. The van der Waals surface area contributed by atoms with Crippen molar-refractivity contribution in [2.45, 2.75) is 130 Å². The van der Waals surface area contributed by atoms with Crippen LogP contribution < -0.4 is 0 Å². The molecule has 0 rings (SSSR count). The standard InChI is InChI=1S/C25H46O5/c1-5-8-11-12-13-16-19-25(22(27)17-14-9-6-2,23(28)18-15-10-7-3)24(29)30-21(4)20-26/h21,26H,5-20H2,1-4H3. The summed E-state index contributed by atoms with van der Waals surface area (Å²) in [4.78, 5) is 39.8. The van der Waals surface area contributed by atoms with Crippen molar-refractivity contribution in [1.29, 1.82) is 0 Å². The van der Waals surface area contributed by atoms with Gasteiger partial charge in [-0.2, -0.15) is 0 Å². The van der Waals surface area contributed by atoms with Crippen molar-refractivity contribution < 1.29 is 24.2 Å². The number of Topliss-reactive ketones (excluding diaryl/α,β-unsaturated/α-hetero) is 2. The summed E-state index contributed by atoms with van der Waals surface area (Å²) in [6.07, 6.45) is 11.1. The maximum absolute atomic E-state index is 13.3. The third-order valence-corrected chi connectivity index (χ3v) is 5.79. The normalized spacial score (nSPS) is 12.6. The van der Waals surface area contributed by atoms with Gasteiger partial charge in [0.05, 0.1) is 6.61 Å². The van der Waals surface area contributed by atoms with E-state index in [0.717, 1.165) is 51.4 Å². The van der Waals surface area contributed by atoms with Crippen LogP contribution in [0.3, 0.4) is 0 Å². The van der Waals surface area contributed by atoms with Crippen LogP contribution >= 0.6 is 0 Å². The summed E-state index contributed by atoms with van der Waals surface area (Å²) in [5.41, 5.74) is -1.70. The lowest BCUT2D eigenvalue weighted by Gasteiger charge is -2.30. The van der Waals surface area contributed by atoms with Crippen molar-refractivity contribution >= 4 is 17.5 Å². The quantitative estimate of drug-likeness (QED) is 0.148. The van der Waals surface area contributed by atoms with Gasteiger partial charge in [0, 0.05) is 12.8 Å². The zero-order chi connectivity index (χ0) is 22.8. The first kappa shape index (κ1) is 28.8. The number of carbonyl (C=O) groups is 3. The smallest absolute Gasteiger partial charge is 0.327 e. The number of carbonyl (C=O) groups excluding carboxylic acids is 3. The maximum Gasteiger partial charge on any atom is 0.327 e. The molecule has 30 heavy (non-hydrogen) atoms. The zero-order valence-corrected chi connectivity index (χ0v) is 20.0. The first-order chi connectivity index (χ1) is 14.4. The van der Waals surface area contributed by atoms with E-state index in [4.69, 9.17) is 4.74 Å². The van der Waals surface area contributed by atoms with Gasteiger partial charge in [0.15, 0.2) is 17.0 Å². The van der Waals surface area contributed by atoms with E-state index < -0.39 is 17.5 Å². The Morgan fingerprint density at radius 2 is 1.17 bits per heavy atom. The molecule has 0 aliphatic rings. The Bertz CT molecular complexity index is 464. The molecule has 0 saturated carbocycles. The molecule has 1 unspecified atom stereocenters. The van der Waals surface area contributed by atoms with Gasteiger partial charge in [0.25, 0.3) is 0 Å². The minimum absolute atomic E-state index is 0.228. The molecule has 5 heteroatoms. The second-order valence-electron chi connectivity index (χ2n) is 8.58. The third-order valence-electron chi connectivity index (χ3n) is 5.79. The summed E-state index contributed by atoms with van der Waals surface area (Å²) in [6.45, 7) is 7.53. The lowest BCUT2D eigenvalue weighted by Crippen LogP contribution is -2.48. The van der Waals surface area contributed by atoms with Crippen molar-refractivity contribution in [3.63, 3.8) is 0 Å². The van der Waals surface area contributed by atoms with Crippen molar-refractivity contribution in [2.24, 2.45) is 5.41 Å². The minimum atomic E-state index is -1.70. The fourth-order valence-corrected chi connectivity index (χ4v) is 3.75. The molecule has 1 atom stereocenters. The minimum Gasteiger partial charge on any atom is -0.459 e. The van der Waals surface area contributed by atoms with Crippen LogP contribution in [0.25, 0.3) is 0 Å². The van der Waals surface area contributed by atoms with Crippen LogP contribution in [0.2, 0.25) is 0 Å². The summed E-state index contributed by atoms with van der Waals surface area (Å²) in [6, 6.07) is 0. The Morgan fingerprint density at radius 1 is 0.733 bits per heavy atom. The number of esters is 1. The fraction of sp³-hybridized carbons (Fsp3) is 0.880. The molecule has 0 amide bonds. The van der Waals surface area contributed by atoms with E-state index in [9.17, 15) is 19.5 Å². The molecule has 0 aromatic rings. The Kier molecular flexibility index (Phi) is 16.7. The first-order valence-electron chi connectivity index (χ1n) is 12.3. The van der Waals surface area contributed by atoms with Gasteiger partial charge in [-0.15, -0.1) is 0 Å². The Balaban J connectivity index is 5.58. The highest BCUT2D eigenvalue weighted by atomic mass is 16.6. The zero-order valence-electron chi connectivity index (χ0n) is 20.0. The van der Waals surface area contributed by atoms with E-state index in [0.29, 0.717) is 19.3 Å². The number of unbranched alkanes of at least 4 members (excludes halogenated alkanes) is 9. The van der Waals surface area contributed by atoms with E-state index in [1.54, 1.807) is 6.92 Å². The van der Waals surface area contributed by atoms with Gasteiger partial charge in [-0.25, -0.2) is 0 Å². The lowest BCUT2D eigenvalue weighted by molar-refractivity contribution is -0.170. The van der Waals surface area contributed by atoms with Crippen LogP contribution in [0.15, 0.2) is 0 Å². The van der Waals surface area contributed by atoms with Gasteiger partial charge >= 0.3 is 5.97 Å². The lowest BCUT2D eigenvalue weighted by atomic mass is 9.72. The van der Waals surface area contributed by atoms with Gasteiger partial charge in [0.1, 0.15) is 6.10 Å².